The van der Waals surface area contributed by atoms with Crippen LogP contribution in [0.5, 0.6) is 0 Å². The minimum atomic E-state index is -0.420. The van der Waals surface area contributed by atoms with E-state index in [2.05, 4.69) is 21.2 Å². The fourth-order valence-electron chi connectivity index (χ4n) is 1.24. The molecule has 88 valence electrons. The van der Waals surface area contributed by atoms with Crippen molar-refractivity contribution in [3.05, 3.63) is 51.6 Å². The van der Waals surface area contributed by atoms with Gasteiger partial charge in [0.05, 0.1) is 17.5 Å². The van der Waals surface area contributed by atoms with Crippen molar-refractivity contribution in [3.8, 4) is 0 Å². The zero-order valence-corrected chi connectivity index (χ0v) is 10.7. The van der Waals surface area contributed by atoms with Gasteiger partial charge in [0.25, 0.3) is 5.91 Å². The van der Waals surface area contributed by atoms with Gasteiger partial charge in [-0.15, -0.1) is 0 Å². The van der Waals surface area contributed by atoms with Crippen molar-refractivity contribution in [2.45, 2.75) is 0 Å². The molecule has 3 nitrogen and oxygen atoms in total. The van der Waals surface area contributed by atoms with E-state index in [1.807, 2.05) is 0 Å². The van der Waals surface area contributed by atoms with Crippen molar-refractivity contribution < 1.29 is 13.6 Å². The van der Waals surface area contributed by atoms with Crippen LogP contribution in [-0.4, -0.2) is 5.91 Å². The molecular formula is C11H6BrClFNO2. The van der Waals surface area contributed by atoms with Crippen LogP contribution < -0.4 is 5.32 Å². The second-order valence-corrected chi connectivity index (χ2v) is 4.38. The lowest BCUT2D eigenvalue weighted by molar-refractivity contribution is 0.102. The summed E-state index contributed by atoms with van der Waals surface area (Å²) < 4.78 is 18.1. The highest BCUT2D eigenvalue weighted by Crippen LogP contribution is 2.25. The molecule has 0 aliphatic rings. The summed E-state index contributed by atoms with van der Waals surface area (Å²) in [5.74, 6) is -0.813. The average molecular weight is 319 g/mol. The number of hydrogen-bond donors (Lipinski definition) is 1. The molecule has 0 fully saturated rings. The van der Waals surface area contributed by atoms with Crippen LogP contribution in [0.3, 0.4) is 0 Å². The van der Waals surface area contributed by atoms with Crippen LogP contribution in [0.4, 0.5) is 10.1 Å². The summed E-state index contributed by atoms with van der Waals surface area (Å²) in [6.45, 7) is 0. The van der Waals surface area contributed by atoms with Gasteiger partial charge < -0.3 is 9.73 Å². The number of carbonyl (C=O) groups is 1. The predicted molar refractivity (Wildman–Crippen MR) is 65.8 cm³/mol. The fourth-order valence-corrected chi connectivity index (χ4v) is 1.89. The molecule has 1 heterocycles. The maximum absolute atomic E-state index is 12.8. The van der Waals surface area contributed by atoms with E-state index in [1.165, 1.54) is 30.5 Å². The number of nitrogens with one attached hydrogen (secondary N) is 1. The van der Waals surface area contributed by atoms with Crippen molar-refractivity contribution >= 4 is 39.1 Å². The first-order valence-corrected chi connectivity index (χ1v) is 5.74. The SMILES string of the molecule is O=C(Nc1ccc(F)cc1Br)c1ccoc1Cl. The average Bonchev–Trinajstić information content (AvgIpc) is 2.68. The third-order valence-corrected chi connectivity index (χ3v) is 2.99. The third-order valence-electron chi connectivity index (χ3n) is 2.04. The van der Waals surface area contributed by atoms with Crippen LogP contribution in [0, 0.1) is 5.82 Å². The molecule has 1 N–H and O–H groups in total. The topological polar surface area (TPSA) is 42.2 Å². The van der Waals surface area contributed by atoms with Crippen LogP contribution in [0.15, 0.2) is 39.4 Å². The molecule has 0 radical (unpaired) electrons. The van der Waals surface area contributed by atoms with Gasteiger partial charge in [-0.3, -0.25) is 4.79 Å². The molecule has 6 heteroatoms. The molecule has 0 unspecified atom stereocenters. The van der Waals surface area contributed by atoms with E-state index < -0.39 is 11.7 Å². The van der Waals surface area contributed by atoms with Gasteiger partial charge in [0.15, 0.2) is 0 Å². The van der Waals surface area contributed by atoms with Crippen LogP contribution in [0.2, 0.25) is 5.22 Å². The number of halogens is 3. The second-order valence-electron chi connectivity index (χ2n) is 3.19. The number of furan rings is 1. The van der Waals surface area contributed by atoms with Crippen molar-refractivity contribution in [2.75, 3.05) is 5.32 Å². The summed E-state index contributed by atoms with van der Waals surface area (Å²) in [7, 11) is 0. The van der Waals surface area contributed by atoms with E-state index in [-0.39, 0.29) is 10.8 Å². The van der Waals surface area contributed by atoms with Gasteiger partial charge in [-0.2, -0.15) is 0 Å². The Labute approximate surface area is 110 Å². The molecule has 0 aliphatic carbocycles. The molecule has 1 aromatic carbocycles. The first kappa shape index (κ1) is 12.1. The molecule has 0 aliphatic heterocycles. The highest BCUT2D eigenvalue weighted by Gasteiger charge is 2.14. The Morgan fingerprint density at radius 1 is 1.41 bits per heavy atom. The lowest BCUT2D eigenvalue weighted by Gasteiger charge is -2.06. The van der Waals surface area contributed by atoms with E-state index in [0.717, 1.165) is 0 Å². The molecule has 0 saturated heterocycles. The summed E-state index contributed by atoms with van der Waals surface area (Å²) in [6.07, 6.45) is 1.32. The van der Waals surface area contributed by atoms with Crippen molar-refractivity contribution in [1.82, 2.24) is 0 Å². The Balaban J connectivity index is 2.22. The van der Waals surface area contributed by atoms with Gasteiger partial charge in [-0.05, 0) is 51.8 Å². The van der Waals surface area contributed by atoms with E-state index in [0.29, 0.717) is 10.2 Å². The molecule has 2 rings (SSSR count). The molecule has 0 saturated carbocycles. The molecule has 0 atom stereocenters. The quantitative estimate of drug-likeness (QED) is 0.906. The van der Waals surface area contributed by atoms with Crippen molar-refractivity contribution in [3.63, 3.8) is 0 Å². The van der Waals surface area contributed by atoms with Crippen LogP contribution in [-0.2, 0) is 0 Å². The number of benzene rings is 1. The van der Waals surface area contributed by atoms with E-state index >= 15 is 0 Å². The Kier molecular flexibility index (Phi) is 3.49. The minimum absolute atomic E-state index is 0.0146. The Morgan fingerprint density at radius 3 is 2.76 bits per heavy atom. The monoisotopic (exact) mass is 317 g/mol. The van der Waals surface area contributed by atoms with E-state index in [9.17, 15) is 9.18 Å². The van der Waals surface area contributed by atoms with E-state index in [4.69, 9.17) is 16.0 Å². The number of amides is 1. The third kappa shape index (κ3) is 2.68. The Bertz CT molecular complexity index is 570. The standard InChI is InChI=1S/C11H6BrClFNO2/c12-8-5-6(14)1-2-9(8)15-11(16)7-3-4-17-10(7)13/h1-5H,(H,15,16). The van der Waals surface area contributed by atoms with Gasteiger partial charge >= 0.3 is 0 Å². The molecule has 1 amide bonds. The summed E-state index contributed by atoms with van der Waals surface area (Å²) in [6, 6.07) is 5.41. The Morgan fingerprint density at radius 2 is 2.18 bits per heavy atom. The number of hydrogen-bond acceptors (Lipinski definition) is 2. The summed E-state index contributed by atoms with van der Waals surface area (Å²) >= 11 is 8.81. The molecule has 1 aromatic heterocycles. The lowest BCUT2D eigenvalue weighted by Crippen LogP contribution is -2.11. The zero-order chi connectivity index (χ0) is 12.4. The zero-order valence-electron chi connectivity index (χ0n) is 8.34. The number of anilines is 1. The number of rotatable bonds is 2. The van der Waals surface area contributed by atoms with Crippen LogP contribution in [0.1, 0.15) is 10.4 Å². The second kappa shape index (κ2) is 4.89. The van der Waals surface area contributed by atoms with Crippen LogP contribution in [0.25, 0.3) is 0 Å². The smallest absolute Gasteiger partial charge is 0.260 e. The normalized spacial score (nSPS) is 10.3. The lowest BCUT2D eigenvalue weighted by atomic mass is 10.2. The van der Waals surface area contributed by atoms with E-state index in [1.54, 1.807) is 0 Å². The minimum Gasteiger partial charge on any atom is -0.452 e. The Hall–Kier alpha value is -1.33. The molecule has 0 spiro atoms. The summed E-state index contributed by atoms with van der Waals surface area (Å²) in [5, 5.41) is 2.60. The van der Waals surface area contributed by atoms with Crippen molar-refractivity contribution in [1.29, 1.82) is 0 Å². The predicted octanol–water partition coefficient (Wildman–Crippen LogP) is 4.09. The molecule has 2 aromatic rings. The summed E-state index contributed by atoms with van der Waals surface area (Å²) in [4.78, 5) is 11.8. The highest BCUT2D eigenvalue weighted by atomic mass is 79.9. The highest BCUT2D eigenvalue weighted by molar-refractivity contribution is 9.10. The molecule has 0 bridgehead atoms. The van der Waals surface area contributed by atoms with Gasteiger partial charge in [0.1, 0.15) is 5.82 Å². The van der Waals surface area contributed by atoms with Gasteiger partial charge in [0.2, 0.25) is 5.22 Å². The van der Waals surface area contributed by atoms with Gasteiger partial charge in [-0.1, -0.05) is 0 Å². The summed E-state index contributed by atoms with van der Waals surface area (Å²) in [5.41, 5.74) is 0.677. The van der Waals surface area contributed by atoms with Crippen LogP contribution >= 0.6 is 27.5 Å². The maximum Gasteiger partial charge on any atom is 0.260 e. The first-order valence-electron chi connectivity index (χ1n) is 4.57. The molecular weight excluding hydrogens is 312 g/mol. The fraction of sp³-hybridized carbons (Fsp3) is 0. The van der Waals surface area contributed by atoms with Gasteiger partial charge in [-0.25, -0.2) is 4.39 Å². The van der Waals surface area contributed by atoms with Crippen molar-refractivity contribution in [2.24, 2.45) is 0 Å². The first-order chi connectivity index (χ1) is 8.08. The molecule has 17 heavy (non-hydrogen) atoms. The largest absolute Gasteiger partial charge is 0.452 e. The number of carbonyl (C=O) groups excluding carboxylic acids is 1. The van der Waals surface area contributed by atoms with Gasteiger partial charge in [0, 0.05) is 4.47 Å². The maximum atomic E-state index is 12.8.